The highest BCUT2D eigenvalue weighted by molar-refractivity contribution is 6.28. The van der Waals surface area contributed by atoms with Crippen molar-refractivity contribution in [1.29, 1.82) is 0 Å². The van der Waals surface area contributed by atoms with Crippen molar-refractivity contribution in [3.8, 4) is 0 Å². The highest BCUT2D eigenvalue weighted by Gasteiger charge is 2.07. The van der Waals surface area contributed by atoms with E-state index in [4.69, 9.17) is 17.3 Å². The Morgan fingerprint density at radius 1 is 1.54 bits per heavy atom. The van der Waals surface area contributed by atoms with Gasteiger partial charge >= 0.3 is 0 Å². The summed E-state index contributed by atoms with van der Waals surface area (Å²) in [5.41, 5.74) is 7.74. The lowest BCUT2D eigenvalue weighted by atomic mass is 10.2. The summed E-state index contributed by atoms with van der Waals surface area (Å²) in [6.07, 6.45) is 1.73. The quantitative estimate of drug-likeness (QED) is 0.757. The number of nitrogens with two attached hydrogens (primary N) is 1. The molecule has 0 aliphatic heterocycles. The van der Waals surface area contributed by atoms with E-state index in [1.807, 2.05) is 29.5 Å². The van der Waals surface area contributed by atoms with E-state index in [0.717, 1.165) is 11.2 Å². The van der Waals surface area contributed by atoms with Gasteiger partial charge in [-0.15, -0.1) is 0 Å². The molecule has 0 aliphatic carbocycles. The maximum Gasteiger partial charge on any atom is 0.207 e. The Labute approximate surface area is 81.1 Å². The van der Waals surface area contributed by atoms with E-state index in [1.54, 1.807) is 6.20 Å². The minimum absolute atomic E-state index is 0.0459. The van der Waals surface area contributed by atoms with Crippen molar-refractivity contribution < 1.29 is 0 Å². The van der Waals surface area contributed by atoms with Gasteiger partial charge in [0.05, 0.1) is 11.7 Å². The van der Waals surface area contributed by atoms with Crippen LogP contribution in [0.1, 0.15) is 18.7 Å². The summed E-state index contributed by atoms with van der Waals surface area (Å²) in [5.74, 6) is 0. The van der Waals surface area contributed by atoms with Crippen LogP contribution in [0.5, 0.6) is 0 Å². The average Bonchev–Trinajstić information content (AvgIpc) is 2.48. The first-order chi connectivity index (χ1) is 6.20. The number of halogens is 1. The molecule has 0 aromatic carbocycles. The zero-order valence-electron chi connectivity index (χ0n) is 7.24. The second-order valence-corrected chi connectivity index (χ2v) is 3.36. The molecule has 68 valence electrons. The lowest BCUT2D eigenvalue weighted by Gasteiger charge is -2.08. The highest BCUT2D eigenvalue weighted by Crippen LogP contribution is 2.18. The Morgan fingerprint density at radius 2 is 2.31 bits per heavy atom. The van der Waals surface area contributed by atoms with Gasteiger partial charge in [-0.1, -0.05) is 6.07 Å². The van der Waals surface area contributed by atoms with E-state index in [1.165, 1.54) is 0 Å². The molecule has 0 amide bonds. The number of hydrogen-bond acceptors (Lipinski definition) is 2. The molecule has 2 N–H and O–H groups in total. The van der Waals surface area contributed by atoms with Crippen LogP contribution in [0.3, 0.4) is 0 Å². The molecule has 0 aliphatic rings. The summed E-state index contributed by atoms with van der Waals surface area (Å²) in [6, 6.07) is 5.80. The van der Waals surface area contributed by atoms with Crippen molar-refractivity contribution in [3.05, 3.63) is 35.4 Å². The Morgan fingerprint density at radius 3 is 3.00 bits per heavy atom. The molecule has 0 radical (unpaired) electrons. The molecular formula is C9H10ClN3. The molecule has 0 saturated carbocycles. The van der Waals surface area contributed by atoms with Crippen LogP contribution in [0.15, 0.2) is 24.4 Å². The monoisotopic (exact) mass is 195 g/mol. The average molecular weight is 196 g/mol. The number of aromatic nitrogens is 2. The van der Waals surface area contributed by atoms with Crippen LogP contribution in [-0.2, 0) is 0 Å². The third-order valence-electron chi connectivity index (χ3n) is 2.00. The van der Waals surface area contributed by atoms with Crippen LogP contribution in [0.2, 0.25) is 5.28 Å². The van der Waals surface area contributed by atoms with Crippen LogP contribution < -0.4 is 5.73 Å². The number of nitrogens with zero attached hydrogens (tertiary/aromatic N) is 2. The molecular weight excluding hydrogens is 186 g/mol. The van der Waals surface area contributed by atoms with Crippen LogP contribution >= 0.6 is 11.6 Å². The summed E-state index contributed by atoms with van der Waals surface area (Å²) in [6.45, 7) is 1.92. The minimum Gasteiger partial charge on any atom is -0.323 e. The molecule has 2 aromatic rings. The van der Waals surface area contributed by atoms with E-state index in [9.17, 15) is 0 Å². The summed E-state index contributed by atoms with van der Waals surface area (Å²) >= 11 is 5.92. The smallest absolute Gasteiger partial charge is 0.207 e. The van der Waals surface area contributed by atoms with Gasteiger partial charge in [0.15, 0.2) is 0 Å². The third-order valence-corrected chi connectivity index (χ3v) is 2.27. The fourth-order valence-corrected chi connectivity index (χ4v) is 1.63. The van der Waals surface area contributed by atoms with Gasteiger partial charge in [-0.3, -0.25) is 4.40 Å². The topological polar surface area (TPSA) is 43.3 Å². The Hall–Kier alpha value is -1.06. The minimum atomic E-state index is -0.0459. The summed E-state index contributed by atoms with van der Waals surface area (Å²) in [5, 5.41) is 0.461. The van der Waals surface area contributed by atoms with Gasteiger partial charge in [-0.2, -0.15) is 0 Å². The fraction of sp³-hybridized carbons (Fsp3) is 0.222. The van der Waals surface area contributed by atoms with Crippen molar-refractivity contribution in [2.24, 2.45) is 5.73 Å². The molecule has 0 saturated heterocycles. The fourth-order valence-electron chi connectivity index (χ4n) is 1.39. The third kappa shape index (κ3) is 1.30. The van der Waals surface area contributed by atoms with Crippen molar-refractivity contribution in [3.63, 3.8) is 0 Å². The molecule has 0 spiro atoms. The zero-order chi connectivity index (χ0) is 9.42. The summed E-state index contributed by atoms with van der Waals surface area (Å²) in [7, 11) is 0. The van der Waals surface area contributed by atoms with Gasteiger partial charge in [-0.25, -0.2) is 4.98 Å². The van der Waals surface area contributed by atoms with Gasteiger partial charge < -0.3 is 5.73 Å². The lowest BCUT2D eigenvalue weighted by Crippen LogP contribution is -2.09. The molecule has 0 bridgehead atoms. The van der Waals surface area contributed by atoms with Gasteiger partial charge in [0, 0.05) is 11.7 Å². The first-order valence-electron chi connectivity index (χ1n) is 4.07. The number of pyridine rings is 1. The Balaban J connectivity index is 2.80. The summed E-state index contributed by atoms with van der Waals surface area (Å²) < 4.78 is 1.85. The molecule has 13 heavy (non-hydrogen) atoms. The second-order valence-electron chi connectivity index (χ2n) is 3.03. The Kier molecular flexibility index (Phi) is 1.98. The SMILES string of the molecule is CC(N)c1cccc2cnc(Cl)n12. The van der Waals surface area contributed by atoms with Crippen molar-refractivity contribution in [2.75, 3.05) is 0 Å². The number of hydrogen-bond donors (Lipinski definition) is 1. The molecule has 2 heterocycles. The van der Waals surface area contributed by atoms with E-state index in [2.05, 4.69) is 4.98 Å². The van der Waals surface area contributed by atoms with Crippen LogP contribution in [0.25, 0.3) is 5.52 Å². The molecule has 0 fully saturated rings. The maximum absolute atomic E-state index is 5.92. The van der Waals surface area contributed by atoms with E-state index in [-0.39, 0.29) is 6.04 Å². The lowest BCUT2D eigenvalue weighted by molar-refractivity contribution is 0.762. The number of fused-ring (bicyclic) bond motifs is 1. The molecule has 2 rings (SSSR count). The van der Waals surface area contributed by atoms with Crippen LogP contribution in [-0.4, -0.2) is 9.38 Å². The van der Waals surface area contributed by atoms with Gasteiger partial charge in [0.2, 0.25) is 5.28 Å². The van der Waals surface area contributed by atoms with Gasteiger partial charge in [-0.05, 0) is 30.7 Å². The van der Waals surface area contributed by atoms with E-state index >= 15 is 0 Å². The predicted molar refractivity (Wildman–Crippen MR) is 52.8 cm³/mol. The largest absolute Gasteiger partial charge is 0.323 e. The molecule has 4 heteroatoms. The summed E-state index contributed by atoms with van der Waals surface area (Å²) in [4.78, 5) is 4.01. The van der Waals surface area contributed by atoms with Crippen LogP contribution in [0, 0.1) is 0 Å². The first kappa shape index (κ1) is 8.53. The highest BCUT2D eigenvalue weighted by atomic mass is 35.5. The maximum atomic E-state index is 5.92. The van der Waals surface area contributed by atoms with Crippen LogP contribution in [0.4, 0.5) is 0 Å². The zero-order valence-corrected chi connectivity index (χ0v) is 7.99. The van der Waals surface area contributed by atoms with Gasteiger partial charge in [0.1, 0.15) is 0 Å². The first-order valence-corrected chi connectivity index (χ1v) is 4.45. The molecule has 3 nitrogen and oxygen atoms in total. The van der Waals surface area contributed by atoms with E-state index in [0.29, 0.717) is 5.28 Å². The normalized spacial score (nSPS) is 13.5. The number of rotatable bonds is 1. The predicted octanol–water partition coefficient (Wildman–Crippen LogP) is 2.01. The molecule has 2 aromatic heterocycles. The number of imidazole rings is 1. The molecule has 1 atom stereocenters. The molecule has 1 unspecified atom stereocenters. The Bertz CT molecular complexity index is 433. The van der Waals surface area contributed by atoms with Gasteiger partial charge in [0.25, 0.3) is 0 Å². The standard InChI is InChI=1S/C9H10ClN3/c1-6(11)8-4-2-3-7-5-12-9(10)13(7)8/h2-6H,11H2,1H3. The van der Waals surface area contributed by atoms with Crippen molar-refractivity contribution in [2.45, 2.75) is 13.0 Å². The van der Waals surface area contributed by atoms with E-state index < -0.39 is 0 Å². The second kappa shape index (κ2) is 3.01. The van der Waals surface area contributed by atoms with Crippen molar-refractivity contribution >= 4 is 17.1 Å². The van der Waals surface area contributed by atoms with Crippen molar-refractivity contribution in [1.82, 2.24) is 9.38 Å².